The predicted octanol–water partition coefficient (Wildman–Crippen LogP) is 5.67. The fourth-order valence-electron chi connectivity index (χ4n) is 4.41. The molecule has 0 aromatic heterocycles. The number of amides is 2. The van der Waals surface area contributed by atoms with Gasteiger partial charge in [0.2, 0.25) is 11.8 Å². The van der Waals surface area contributed by atoms with Gasteiger partial charge in [-0.25, -0.2) is 0 Å². The van der Waals surface area contributed by atoms with Crippen LogP contribution in [-0.2, 0) is 28.9 Å². The molecule has 8 nitrogen and oxygen atoms in total. The van der Waals surface area contributed by atoms with Gasteiger partial charge in [0.25, 0.3) is 0 Å². The number of carbonyl (C=O) groups is 2. The molecule has 41 heavy (non-hydrogen) atoms. The van der Waals surface area contributed by atoms with Crippen LogP contribution >= 0.6 is 0 Å². The minimum absolute atomic E-state index is 0.117. The Kier molecular flexibility index (Phi) is 9.83. The molecular formula is C33H34N2O6. The summed E-state index contributed by atoms with van der Waals surface area (Å²) < 4.78 is 21.1. The number of ether oxygens (including phenoxy) is 4. The maximum absolute atomic E-state index is 12.6. The van der Waals surface area contributed by atoms with E-state index in [0.717, 1.165) is 40.0 Å². The third-order valence-corrected chi connectivity index (χ3v) is 6.51. The van der Waals surface area contributed by atoms with E-state index < -0.39 is 0 Å². The molecule has 0 atom stereocenters. The van der Waals surface area contributed by atoms with E-state index in [1.54, 1.807) is 52.7 Å². The van der Waals surface area contributed by atoms with Crippen molar-refractivity contribution >= 4 is 23.2 Å². The van der Waals surface area contributed by atoms with E-state index >= 15 is 0 Å². The van der Waals surface area contributed by atoms with Crippen molar-refractivity contribution in [1.82, 2.24) is 0 Å². The standard InChI is InChI=1S/C33H34N2O6/c1-38-28-15-9-24(18-30(28)40-3)20-32(36)34-26-11-5-22(6-12-26)17-23-7-13-27(14-8-23)35-33(37)21-25-10-16-29(39-2)31(19-25)41-4/h5-16,18-19H,17,20-21H2,1-4H3,(H,34,36)(H,35,37). The van der Waals surface area contributed by atoms with Gasteiger partial charge in [0.15, 0.2) is 23.0 Å². The van der Waals surface area contributed by atoms with Crippen molar-refractivity contribution in [3.05, 3.63) is 107 Å². The van der Waals surface area contributed by atoms with E-state index in [4.69, 9.17) is 18.9 Å². The van der Waals surface area contributed by atoms with Gasteiger partial charge in [-0.2, -0.15) is 0 Å². The zero-order chi connectivity index (χ0) is 29.2. The number of nitrogens with one attached hydrogen (secondary N) is 2. The second kappa shape index (κ2) is 13.9. The van der Waals surface area contributed by atoms with E-state index in [2.05, 4.69) is 10.6 Å². The van der Waals surface area contributed by atoms with Crippen LogP contribution in [0, 0.1) is 0 Å². The molecule has 0 spiro atoms. The van der Waals surface area contributed by atoms with Gasteiger partial charge in [-0.15, -0.1) is 0 Å². The van der Waals surface area contributed by atoms with Gasteiger partial charge >= 0.3 is 0 Å². The van der Waals surface area contributed by atoms with Crippen LogP contribution in [0.25, 0.3) is 0 Å². The van der Waals surface area contributed by atoms with E-state index in [9.17, 15) is 9.59 Å². The molecule has 0 saturated heterocycles. The highest BCUT2D eigenvalue weighted by Crippen LogP contribution is 2.29. The third-order valence-electron chi connectivity index (χ3n) is 6.51. The Hall–Kier alpha value is -4.98. The van der Waals surface area contributed by atoms with Gasteiger partial charge in [-0.1, -0.05) is 36.4 Å². The highest BCUT2D eigenvalue weighted by Gasteiger charge is 2.11. The number of methoxy groups -OCH3 is 4. The maximum Gasteiger partial charge on any atom is 0.228 e. The first-order chi connectivity index (χ1) is 19.9. The van der Waals surface area contributed by atoms with Crippen LogP contribution in [0.4, 0.5) is 11.4 Å². The van der Waals surface area contributed by atoms with Crippen molar-refractivity contribution < 1.29 is 28.5 Å². The molecule has 0 aliphatic carbocycles. The zero-order valence-electron chi connectivity index (χ0n) is 23.7. The smallest absolute Gasteiger partial charge is 0.228 e. The Morgan fingerprint density at radius 1 is 0.488 bits per heavy atom. The summed E-state index contributed by atoms with van der Waals surface area (Å²) in [6, 6.07) is 26.4. The zero-order valence-corrected chi connectivity index (χ0v) is 23.7. The maximum atomic E-state index is 12.6. The molecular weight excluding hydrogens is 520 g/mol. The van der Waals surface area contributed by atoms with E-state index in [1.165, 1.54) is 0 Å². The largest absolute Gasteiger partial charge is 0.493 e. The molecule has 2 amide bonds. The highest BCUT2D eigenvalue weighted by molar-refractivity contribution is 5.93. The number of carbonyl (C=O) groups excluding carboxylic acids is 2. The molecule has 212 valence electrons. The summed E-state index contributed by atoms with van der Waals surface area (Å²) in [4.78, 5) is 25.1. The summed E-state index contributed by atoms with van der Waals surface area (Å²) in [5.74, 6) is 2.19. The molecule has 0 heterocycles. The van der Waals surface area contributed by atoms with Crippen molar-refractivity contribution in [2.24, 2.45) is 0 Å². The minimum Gasteiger partial charge on any atom is -0.493 e. The van der Waals surface area contributed by atoms with Crippen LogP contribution in [-0.4, -0.2) is 40.3 Å². The lowest BCUT2D eigenvalue weighted by Gasteiger charge is -2.11. The Bertz CT molecular complexity index is 1370. The van der Waals surface area contributed by atoms with Crippen molar-refractivity contribution in [1.29, 1.82) is 0 Å². The average molecular weight is 555 g/mol. The fourth-order valence-corrected chi connectivity index (χ4v) is 4.41. The van der Waals surface area contributed by atoms with E-state index in [1.807, 2.05) is 60.7 Å². The third kappa shape index (κ3) is 8.02. The number of benzene rings is 4. The van der Waals surface area contributed by atoms with Gasteiger partial charge in [0.05, 0.1) is 41.3 Å². The molecule has 0 bridgehead atoms. The summed E-state index contributed by atoms with van der Waals surface area (Å²) in [6.45, 7) is 0. The molecule has 4 aromatic carbocycles. The molecule has 0 aliphatic rings. The van der Waals surface area contributed by atoms with Gasteiger partial charge in [-0.05, 0) is 77.2 Å². The average Bonchev–Trinajstić information content (AvgIpc) is 2.98. The van der Waals surface area contributed by atoms with Gasteiger partial charge in [0.1, 0.15) is 0 Å². The van der Waals surface area contributed by atoms with Crippen LogP contribution in [0.3, 0.4) is 0 Å². The molecule has 0 aliphatic heterocycles. The monoisotopic (exact) mass is 554 g/mol. The van der Waals surface area contributed by atoms with E-state index in [0.29, 0.717) is 23.0 Å². The summed E-state index contributed by atoms with van der Waals surface area (Å²) in [6.07, 6.45) is 1.16. The minimum atomic E-state index is -0.117. The van der Waals surface area contributed by atoms with Crippen LogP contribution in [0.2, 0.25) is 0 Å². The highest BCUT2D eigenvalue weighted by atomic mass is 16.5. The Balaban J connectivity index is 1.27. The normalized spacial score (nSPS) is 10.4. The summed E-state index contributed by atoms with van der Waals surface area (Å²) in [7, 11) is 6.29. The Morgan fingerprint density at radius 3 is 1.17 bits per heavy atom. The van der Waals surface area contributed by atoms with Crippen LogP contribution in [0.5, 0.6) is 23.0 Å². The summed E-state index contributed by atoms with van der Waals surface area (Å²) >= 11 is 0. The van der Waals surface area contributed by atoms with Crippen molar-refractivity contribution in [3.63, 3.8) is 0 Å². The molecule has 4 rings (SSSR count). The first-order valence-corrected chi connectivity index (χ1v) is 13.1. The molecule has 2 N–H and O–H groups in total. The van der Waals surface area contributed by atoms with Gasteiger partial charge < -0.3 is 29.6 Å². The number of rotatable bonds is 12. The molecule has 0 unspecified atom stereocenters. The SMILES string of the molecule is COc1ccc(CC(=O)Nc2ccc(Cc3ccc(NC(=O)Cc4ccc(OC)c(OC)c4)cc3)cc2)cc1OC. The number of anilines is 2. The quantitative estimate of drug-likeness (QED) is 0.234. The predicted molar refractivity (Wildman–Crippen MR) is 159 cm³/mol. The lowest BCUT2D eigenvalue weighted by molar-refractivity contribution is -0.116. The Morgan fingerprint density at radius 2 is 0.829 bits per heavy atom. The Labute approximate surface area is 240 Å². The lowest BCUT2D eigenvalue weighted by Crippen LogP contribution is -2.14. The molecule has 0 saturated carbocycles. The van der Waals surface area contributed by atoms with E-state index in [-0.39, 0.29) is 24.7 Å². The first-order valence-electron chi connectivity index (χ1n) is 13.1. The van der Waals surface area contributed by atoms with Gasteiger partial charge in [0, 0.05) is 11.4 Å². The number of hydrogen-bond donors (Lipinski definition) is 2. The number of hydrogen-bond acceptors (Lipinski definition) is 6. The van der Waals surface area contributed by atoms with Gasteiger partial charge in [-0.3, -0.25) is 9.59 Å². The molecule has 8 heteroatoms. The fraction of sp³-hybridized carbons (Fsp3) is 0.212. The second-order valence-electron chi connectivity index (χ2n) is 9.40. The topological polar surface area (TPSA) is 95.1 Å². The van der Waals surface area contributed by atoms with Crippen LogP contribution < -0.4 is 29.6 Å². The van der Waals surface area contributed by atoms with Crippen LogP contribution in [0.1, 0.15) is 22.3 Å². The van der Waals surface area contributed by atoms with Crippen molar-refractivity contribution in [2.75, 3.05) is 39.1 Å². The molecule has 0 radical (unpaired) electrons. The summed E-state index contributed by atoms with van der Waals surface area (Å²) in [5.41, 5.74) is 5.33. The van der Waals surface area contributed by atoms with Crippen LogP contribution in [0.15, 0.2) is 84.9 Å². The first kappa shape index (κ1) is 29.0. The molecule has 4 aromatic rings. The second-order valence-corrected chi connectivity index (χ2v) is 9.40. The molecule has 0 fully saturated rings. The van der Waals surface area contributed by atoms with Crippen molar-refractivity contribution in [3.8, 4) is 23.0 Å². The summed E-state index contributed by atoms with van der Waals surface area (Å²) in [5, 5.41) is 5.88. The lowest BCUT2D eigenvalue weighted by atomic mass is 10.0. The van der Waals surface area contributed by atoms with Crippen molar-refractivity contribution in [2.45, 2.75) is 19.3 Å².